The zero-order valence-corrected chi connectivity index (χ0v) is 22.3. The SMILES string of the molecule is C1CCCNCC1.O=CN1CCCCC(COc2ccc(C(F)(F)F)cc2)(COc2ccc(C(F)(F)F)cc2)C1. The van der Waals surface area contributed by atoms with Crippen LogP contribution in [0.25, 0.3) is 0 Å². The Morgan fingerprint density at radius 2 is 1.20 bits per heavy atom. The van der Waals surface area contributed by atoms with Crippen LogP contribution in [-0.4, -0.2) is 50.7 Å². The number of carbonyl (C=O) groups excluding carboxylic acids is 1. The maximum Gasteiger partial charge on any atom is 0.416 e. The molecule has 0 bridgehead atoms. The molecule has 2 aliphatic rings. The lowest BCUT2D eigenvalue weighted by atomic mass is 9.84. The average Bonchev–Trinajstić information content (AvgIpc) is 3.35. The number of rotatable bonds is 7. The lowest BCUT2D eigenvalue weighted by Gasteiger charge is -2.34. The molecular formula is C29H36F6N2O3. The Morgan fingerprint density at radius 3 is 1.62 bits per heavy atom. The number of benzene rings is 2. The van der Waals surface area contributed by atoms with Crippen molar-refractivity contribution in [2.24, 2.45) is 5.41 Å². The third-order valence-corrected chi connectivity index (χ3v) is 7.00. The van der Waals surface area contributed by atoms with Crippen LogP contribution >= 0.6 is 0 Å². The molecule has 2 aromatic carbocycles. The van der Waals surface area contributed by atoms with Crippen LogP contribution in [-0.2, 0) is 17.1 Å². The van der Waals surface area contributed by atoms with Crippen molar-refractivity contribution >= 4 is 6.41 Å². The molecule has 0 aromatic heterocycles. The molecule has 0 saturated carbocycles. The third-order valence-electron chi connectivity index (χ3n) is 7.00. The number of nitrogens with zero attached hydrogens (tertiary/aromatic N) is 1. The molecule has 5 nitrogen and oxygen atoms in total. The number of amides is 1. The summed E-state index contributed by atoms with van der Waals surface area (Å²) in [5.74, 6) is 0.470. The van der Waals surface area contributed by atoms with Gasteiger partial charge in [0.1, 0.15) is 11.5 Å². The first kappa shape index (κ1) is 31.6. The number of carbonyl (C=O) groups is 1. The van der Waals surface area contributed by atoms with E-state index in [9.17, 15) is 31.1 Å². The summed E-state index contributed by atoms with van der Waals surface area (Å²) in [7, 11) is 0. The second-order valence-corrected chi connectivity index (χ2v) is 10.3. The number of hydrogen-bond donors (Lipinski definition) is 1. The predicted octanol–water partition coefficient (Wildman–Crippen LogP) is 6.96. The summed E-state index contributed by atoms with van der Waals surface area (Å²) in [5, 5.41) is 3.35. The summed E-state index contributed by atoms with van der Waals surface area (Å²) in [6, 6.07) is 8.58. The summed E-state index contributed by atoms with van der Waals surface area (Å²) in [6.07, 6.45) is -0.408. The van der Waals surface area contributed by atoms with Gasteiger partial charge in [-0.1, -0.05) is 19.3 Å². The summed E-state index contributed by atoms with van der Waals surface area (Å²) >= 11 is 0. The Labute approximate surface area is 230 Å². The highest BCUT2D eigenvalue weighted by Gasteiger charge is 2.37. The first-order valence-corrected chi connectivity index (χ1v) is 13.5. The van der Waals surface area contributed by atoms with Gasteiger partial charge >= 0.3 is 12.4 Å². The number of halogens is 6. The summed E-state index contributed by atoms with van der Waals surface area (Å²) < 4.78 is 88.2. The Morgan fingerprint density at radius 1 is 0.725 bits per heavy atom. The number of alkyl halides is 6. The van der Waals surface area contributed by atoms with Crippen LogP contribution in [0.2, 0.25) is 0 Å². The zero-order chi connectivity index (χ0) is 29.1. The van der Waals surface area contributed by atoms with E-state index in [0.717, 1.165) is 43.5 Å². The van der Waals surface area contributed by atoms with Gasteiger partial charge in [-0.05, 0) is 87.3 Å². The molecule has 2 aliphatic heterocycles. The van der Waals surface area contributed by atoms with Gasteiger partial charge in [-0.15, -0.1) is 0 Å². The fraction of sp³-hybridized carbons (Fsp3) is 0.552. The molecule has 222 valence electrons. The summed E-state index contributed by atoms with van der Waals surface area (Å²) in [4.78, 5) is 13.0. The molecule has 4 rings (SSSR count). The van der Waals surface area contributed by atoms with Crippen molar-refractivity contribution in [1.82, 2.24) is 10.2 Å². The highest BCUT2D eigenvalue weighted by Crippen LogP contribution is 2.34. The van der Waals surface area contributed by atoms with E-state index >= 15 is 0 Å². The molecule has 11 heteroatoms. The maximum absolute atomic E-state index is 12.8. The number of ether oxygens (including phenoxy) is 2. The molecule has 0 aliphatic carbocycles. The molecule has 40 heavy (non-hydrogen) atoms. The van der Waals surface area contributed by atoms with Crippen LogP contribution in [0.1, 0.15) is 56.1 Å². The Bertz CT molecular complexity index is 945. The minimum absolute atomic E-state index is 0.0589. The molecule has 2 heterocycles. The van der Waals surface area contributed by atoms with Crippen molar-refractivity contribution in [3.8, 4) is 11.5 Å². The molecule has 0 radical (unpaired) electrons. The lowest BCUT2D eigenvalue weighted by Crippen LogP contribution is -2.44. The quantitative estimate of drug-likeness (QED) is 0.287. The van der Waals surface area contributed by atoms with Crippen LogP contribution in [0.3, 0.4) is 0 Å². The van der Waals surface area contributed by atoms with Crippen LogP contribution in [0.5, 0.6) is 11.5 Å². The molecule has 1 amide bonds. The highest BCUT2D eigenvalue weighted by molar-refractivity contribution is 5.47. The minimum Gasteiger partial charge on any atom is -0.493 e. The Balaban J connectivity index is 0.000000547. The van der Waals surface area contributed by atoms with E-state index in [-0.39, 0.29) is 31.3 Å². The smallest absolute Gasteiger partial charge is 0.416 e. The first-order chi connectivity index (χ1) is 19.0. The third kappa shape index (κ3) is 10.2. The van der Waals surface area contributed by atoms with Gasteiger partial charge in [0.15, 0.2) is 0 Å². The van der Waals surface area contributed by atoms with Crippen LogP contribution in [0.4, 0.5) is 26.3 Å². The van der Waals surface area contributed by atoms with E-state index < -0.39 is 28.9 Å². The van der Waals surface area contributed by atoms with Gasteiger partial charge in [0.05, 0.1) is 29.8 Å². The van der Waals surface area contributed by atoms with Gasteiger partial charge in [-0.25, -0.2) is 0 Å². The molecule has 2 aromatic rings. The second-order valence-electron chi connectivity index (χ2n) is 10.3. The molecule has 0 spiro atoms. The van der Waals surface area contributed by atoms with Gasteiger partial charge in [0.25, 0.3) is 0 Å². The molecule has 1 N–H and O–H groups in total. The van der Waals surface area contributed by atoms with Gasteiger partial charge in [-0.2, -0.15) is 26.3 Å². The molecule has 0 unspecified atom stereocenters. The topological polar surface area (TPSA) is 50.8 Å². The average molecular weight is 575 g/mol. The van der Waals surface area contributed by atoms with Crippen molar-refractivity contribution < 1.29 is 40.6 Å². The fourth-order valence-corrected chi connectivity index (χ4v) is 4.70. The van der Waals surface area contributed by atoms with Crippen molar-refractivity contribution in [2.75, 3.05) is 39.4 Å². The van der Waals surface area contributed by atoms with E-state index in [1.807, 2.05) is 0 Å². The molecule has 2 saturated heterocycles. The van der Waals surface area contributed by atoms with Gasteiger partial charge in [0.2, 0.25) is 6.41 Å². The maximum atomic E-state index is 12.8. The van der Waals surface area contributed by atoms with Crippen molar-refractivity contribution in [1.29, 1.82) is 0 Å². The van der Waals surface area contributed by atoms with E-state index in [1.54, 1.807) is 4.90 Å². The number of nitrogens with one attached hydrogen (secondary N) is 1. The highest BCUT2D eigenvalue weighted by atomic mass is 19.4. The lowest BCUT2D eigenvalue weighted by molar-refractivity contribution is -0.138. The minimum atomic E-state index is -4.46. The second kappa shape index (κ2) is 14.6. The summed E-state index contributed by atoms with van der Waals surface area (Å²) in [5.41, 5.74) is -2.28. The monoisotopic (exact) mass is 574 g/mol. The summed E-state index contributed by atoms with van der Waals surface area (Å²) in [6.45, 7) is 3.45. The largest absolute Gasteiger partial charge is 0.493 e. The van der Waals surface area contributed by atoms with E-state index in [0.29, 0.717) is 13.0 Å². The Kier molecular flexibility index (Phi) is 11.5. The van der Waals surface area contributed by atoms with E-state index in [2.05, 4.69) is 5.32 Å². The van der Waals surface area contributed by atoms with Crippen molar-refractivity contribution in [3.63, 3.8) is 0 Å². The van der Waals surface area contributed by atoms with E-state index in [4.69, 9.17) is 9.47 Å². The fourth-order valence-electron chi connectivity index (χ4n) is 4.70. The van der Waals surface area contributed by atoms with Gasteiger partial charge < -0.3 is 19.7 Å². The predicted molar refractivity (Wildman–Crippen MR) is 139 cm³/mol. The van der Waals surface area contributed by atoms with E-state index in [1.165, 1.54) is 63.0 Å². The molecule has 2 fully saturated rings. The standard InChI is InChI=1S/C23H23F6NO3.C6H13N/c24-22(25,26)17-3-7-19(8-4-17)32-14-21(11-1-2-12-30(13-21)16-31)15-33-20-9-5-18(6-10-20)23(27,28)29;1-2-4-6-7-5-3-1/h3-10,16H,1-2,11-15H2;7H,1-6H2. The van der Waals surface area contributed by atoms with Crippen LogP contribution < -0.4 is 14.8 Å². The van der Waals surface area contributed by atoms with Crippen LogP contribution in [0, 0.1) is 5.41 Å². The number of hydrogen-bond acceptors (Lipinski definition) is 4. The Hall–Kier alpha value is -2.95. The zero-order valence-electron chi connectivity index (χ0n) is 22.3. The van der Waals surface area contributed by atoms with Gasteiger partial charge in [0, 0.05) is 13.1 Å². The molecule has 0 atom stereocenters. The number of likely N-dealkylation sites (tertiary alicyclic amines) is 1. The van der Waals surface area contributed by atoms with Crippen molar-refractivity contribution in [3.05, 3.63) is 59.7 Å². The van der Waals surface area contributed by atoms with Crippen molar-refractivity contribution in [2.45, 2.75) is 57.3 Å². The van der Waals surface area contributed by atoms with Gasteiger partial charge in [-0.3, -0.25) is 4.79 Å². The molecular weight excluding hydrogens is 538 g/mol. The first-order valence-electron chi connectivity index (χ1n) is 13.5. The van der Waals surface area contributed by atoms with Crippen LogP contribution in [0.15, 0.2) is 48.5 Å². The normalized spacial score (nSPS) is 18.0.